The summed E-state index contributed by atoms with van der Waals surface area (Å²) >= 11 is 1.55. The molecule has 0 aliphatic rings. The van der Waals surface area contributed by atoms with Crippen molar-refractivity contribution >= 4 is 28.7 Å². The van der Waals surface area contributed by atoms with Crippen LogP contribution in [0.1, 0.15) is 11.4 Å². The van der Waals surface area contributed by atoms with E-state index in [0.29, 0.717) is 17.8 Å². The first kappa shape index (κ1) is 15.4. The molecule has 0 bridgehead atoms. The van der Waals surface area contributed by atoms with E-state index in [1.165, 1.54) is 6.33 Å². The summed E-state index contributed by atoms with van der Waals surface area (Å²) in [4.78, 5) is 23.9. The highest BCUT2D eigenvalue weighted by Crippen LogP contribution is 2.25. The molecule has 23 heavy (non-hydrogen) atoms. The number of amides is 1. The van der Waals surface area contributed by atoms with E-state index in [1.807, 2.05) is 18.2 Å². The lowest BCUT2D eigenvalue weighted by atomic mass is 10.1. The average Bonchev–Trinajstić information content (AvgIpc) is 3.02. The zero-order chi connectivity index (χ0) is 16.2. The van der Waals surface area contributed by atoms with Crippen molar-refractivity contribution in [3.05, 3.63) is 42.1 Å². The standard InChI is InChI=1S/C14H15N7OS/c15-11(12(16)22)4-8-2-1-3-9(20-8)6-23-14-10-5-19-21-13(10)17-7-18-14/h1-3,5,7,11H,4,6,15H2,(H2,16,22)(H,17,18,19,21). The molecule has 0 saturated carbocycles. The number of carbonyl (C=O) groups excluding carboxylic acids is 1. The summed E-state index contributed by atoms with van der Waals surface area (Å²) in [5.74, 6) is 0.103. The summed E-state index contributed by atoms with van der Waals surface area (Å²) in [6, 6.07) is 4.91. The van der Waals surface area contributed by atoms with E-state index >= 15 is 0 Å². The molecule has 9 heteroatoms. The second kappa shape index (κ2) is 6.71. The highest BCUT2D eigenvalue weighted by molar-refractivity contribution is 7.98. The summed E-state index contributed by atoms with van der Waals surface area (Å²) in [5.41, 5.74) is 13.2. The molecule has 1 atom stereocenters. The van der Waals surface area contributed by atoms with Gasteiger partial charge in [-0.3, -0.25) is 14.9 Å². The number of nitrogens with zero attached hydrogens (tertiary/aromatic N) is 4. The summed E-state index contributed by atoms with van der Waals surface area (Å²) in [5, 5.41) is 8.49. The molecule has 3 rings (SSSR count). The van der Waals surface area contributed by atoms with E-state index in [1.54, 1.807) is 18.0 Å². The molecule has 3 aromatic rings. The van der Waals surface area contributed by atoms with E-state index in [2.05, 4.69) is 25.1 Å². The molecule has 0 radical (unpaired) electrons. The minimum Gasteiger partial charge on any atom is -0.368 e. The molecule has 0 aromatic carbocycles. The van der Waals surface area contributed by atoms with Crippen molar-refractivity contribution in [2.45, 2.75) is 23.2 Å². The number of carbonyl (C=O) groups is 1. The first-order chi connectivity index (χ1) is 11.1. The van der Waals surface area contributed by atoms with Gasteiger partial charge in [-0.15, -0.1) is 0 Å². The lowest BCUT2D eigenvalue weighted by Crippen LogP contribution is -2.38. The Morgan fingerprint density at radius 1 is 1.30 bits per heavy atom. The van der Waals surface area contributed by atoms with Gasteiger partial charge in [-0.2, -0.15) is 5.10 Å². The summed E-state index contributed by atoms with van der Waals surface area (Å²) in [7, 11) is 0. The number of primary amides is 1. The summed E-state index contributed by atoms with van der Waals surface area (Å²) in [6.07, 6.45) is 3.53. The third-order valence-electron chi connectivity index (χ3n) is 3.23. The number of nitrogens with two attached hydrogens (primary N) is 2. The minimum atomic E-state index is -0.724. The van der Waals surface area contributed by atoms with Crippen LogP contribution in [0.4, 0.5) is 0 Å². The first-order valence-corrected chi connectivity index (χ1v) is 7.88. The predicted octanol–water partition coefficient (Wildman–Crippen LogP) is 0.395. The third-order valence-corrected chi connectivity index (χ3v) is 4.27. The van der Waals surface area contributed by atoms with Crippen molar-refractivity contribution in [2.75, 3.05) is 0 Å². The Balaban J connectivity index is 1.71. The van der Waals surface area contributed by atoms with Gasteiger partial charge < -0.3 is 11.5 Å². The predicted molar refractivity (Wildman–Crippen MR) is 86.4 cm³/mol. The Labute approximate surface area is 136 Å². The molecule has 8 nitrogen and oxygen atoms in total. The molecule has 3 aromatic heterocycles. The van der Waals surface area contributed by atoms with Gasteiger partial charge in [0.1, 0.15) is 11.4 Å². The maximum absolute atomic E-state index is 11.0. The number of hydrogen-bond acceptors (Lipinski definition) is 7. The quantitative estimate of drug-likeness (QED) is 0.439. The zero-order valence-corrected chi connectivity index (χ0v) is 13.0. The fraction of sp³-hybridized carbons (Fsp3) is 0.214. The number of fused-ring (bicyclic) bond motifs is 1. The average molecular weight is 329 g/mol. The van der Waals surface area contributed by atoms with Gasteiger partial charge in [0, 0.05) is 17.9 Å². The van der Waals surface area contributed by atoms with Crippen LogP contribution in [0.5, 0.6) is 0 Å². The maximum atomic E-state index is 11.0. The van der Waals surface area contributed by atoms with Gasteiger partial charge in [0.25, 0.3) is 0 Å². The van der Waals surface area contributed by atoms with Crippen molar-refractivity contribution in [2.24, 2.45) is 11.5 Å². The number of thioether (sulfide) groups is 1. The van der Waals surface area contributed by atoms with Crippen molar-refractivity contribution in [1.29, 1.82) is 0 Å². The SMILES string of the molecule is NC(=O)C(N)Cc1cccc(CSc2ncnc3[nH]ncc23)n1. The van der Waals surface area contributed by atoms with E-state index in [-0.39, 0.29) is 0 Å². The van der Waals surface area contributed by atoms with Crippen LogP contribution in [0, 0.1) is 0 Å². The van der Waals surface area contributed by atoms with Crippen molar-refractivity contribution < 1.29 is 4.79 Å². The second-order valence-corrected chi connectivity index (χ2v) is 5.90. The largest absolute Gasteiger partial charge is 0.368 e. The lowest BCUT2D eigenvalue weighted by Gasteiger charge is -2.08. The Bertz CT molecular complexity index is 835. The number of pyridine rings is 1. The Morgan fingerprint density at radius 3 is 2.96 bits per heavy atom. The molecule has 1 amide bonds. The van der Waals surface area contributed by atoms with Crippen LogP contribution < -0.4 is 11.5 Å². The van der Waals surface area contributed by atoms with Crippen LogP contribution in [-0.2, 0) is 17.0 Å². The molecule has 0 spiro atoms. The fourth-order valence-electron chi connectivity index (χ4n) is 2.05. The van der Waals surface area contributed by atoms with Crippen LogP contribution in [0.15, 0.2) is 35.7 Å². The minimum absolute atomic E-state index is 0.327. The number of aromatic amines is 1. The maximum Gasteiger partial charge on any atom is 0.234 e. The monoisotopic (exact) mass is 329 g/mol. The molecule has 0 aliphatic heterocycles. The number of nitrogens with one attached hydrogen (secondary N) is 1. The van der Waals surface area contributed by atoms with Crippen LogP contribution in [0.25, 0.3) is 11.0 Å². The van der Waals surface area contributed by atoms with Gasteiger partial charge in [0.2, 0.25) is 5.91 Å². The highest BCUT2D eigenvalue weighted by atomic mass is 32.2. The molecule has 5 N–H and O–H groups in total. The molecule has 1 unspecified atom stereocenters. The number of H-pyrrole nitrogens is 1. The topological polar surface area (TPSA) is 136 Å². The molecule has 0 fully saturated rings. The Kier molecular flexibility index (Phi) is 4.49. The summed E-state index contributed by atoms with van der Waals surface area (Å²) in [6.45, 7) is 0. The molecule has 0 aliphatic carbocycles. The second-order valence-electron chi connectivity index (χ2n) is 4.93. The first-order valence-electron chi connectivity index (χ1n) is 6.90. The van der Waals surface area contributed by atoms with Gasteiger partial charge in [-0.05, 0) is 12.1 Å². The van der Waals surface area contributed by atoms with Gasteiger partial charge in [0.05, 0.1) is 23.3 Å². The van der Waals surface area contributed by atoms with Crippen LogP contribution in [0.2, 0.25) is 0 Å². The molecular formula is C14H15N7OS. The van der Waals surface area contributed by atoms with E-state index in [0.717, 1.165) is 21.8 Å². The Morgan fingerprint density at radius 2 is 2.13 bits per heavy atom. The van der Waals surface area contributed by atoms with Gasteiger partial charge in [0.15, 0.2) is 5.65 Å². The van der Waals surface area contributed by atoms with Gasteiger partial charge >= 0.3 is 0 Å². The smallest absolute Gasteiger partial charge is 0.234 e. The third kappa shape index (κ3) is 3.63. The molecule has 118 valence electrons. The van der Waals surface area contributed by atoms with Crippen molar-refractivity contribution in [1.82, 2.24) is 25.1 Å². The normalized spacial score (nSPS) is 12.4. The van der Waals surface area contributed by atoms with Crippen molar-refractivity contribution in [3.8, 4) is 0 Å². The highest BCUT2D eigenvalue weighted by Gasteiger charge is 2.12. The Hall–Kier alpha value is -2.52. The lowest BCUT2D eigenvalue weighted by molar-refractivity contribution is -0.119. The number of aromatic nitrogens is 5. The van der Waals surface area contributed by atoms with E-state index in [4.69, 9.17) is 11.5 Å². The van der Waals surface area contributed by atoms with Crippen LogP contribution in [0.3, 0.4) is 0 Å². The summed E-state index contributed by atoms with van der Waals surface area (Å²) < 4.78 is 0. The van der Waals surface area contributed by atoms with Gasteiger partial charge in [-0.1, -0.05) is 17.8 Å². The molecular weight excluding hydrogens is 314 g/mol. The van der Waals surface area contributed by atoms with Gasteiger partial charge in [-0.25, -0.2) is 9.97 Å². The fourth-order valence-corrected chi connectivity index (χ4v) is 2.92. The molecule has 0 saturated heterocycles. The van der Waals surface area contributed by atoms with E-state index in [9.17, 15) is 4.79 Å². The molecule has 3 heterocycles. The number of rotatable bonds is 6. The van der Waals surface area contributed by atoms with Crippen molar-refractivity contribution in [3.63, 3.8) is 0 Å². The number of hydrogen-bond donors (Lipinski definition) is 3. The van der Waals surface area contributed by atoms with Crippen LogP contribution >= 0.6 is 11.8 Å². The van der Waals surface area contributed by atoms with E-state index < -0.39 is 11.9 Å². The van der Waals surface area contributed by atoms with Crippen LogP contribution in [-0.4, -0.2) is 37.1 Å². The zero-order valence-electron chi connectivity index (χ0n) is 12.1.